The summed E-state index contributed by atoms with van der Waals surface area (Å²) in [5.74, 6) is 1.70. The molecule has 2 rings (SSSR count). The number of aromatic nitrogens is 4. The van der Waals surface area contributed by atoms with E-state index in [0.717, 1.165) is 24.5 Å². The van der Waals surface area contributed by atoms with Gasteiger partial charge in [0.05, 0.1) is 0 Å². The molecule has 0 aliphatic rings. The molecular formula is C14H21N5O. The van der Waals surface area contributed by atoms with E-state index in [2.05, 4.69) is 29.0 Å². The Morgan fingerprint density at radius 1 is 1.35 bits per heavy atom. The molecule has 2 unspecified atom stereocenters. The predicted molar refractivity (Wildman–Crippen MR) is 78.0 cm³/mol. The summed E-state index contributed by atoms with van der Waals surface area (Å²) in [7, 11) is 1.72. The topological polar surface area (TPSA) is 78.8 Å². The zero-order valence-corrected chi connectivity index (χ0v) is 12.2. The van der Waals surface area contributed by atoms with E-state index in [1.54, 1.807) is 19.5 Å². The molecule has 0 bridgehead atoms. The van der Waals surface area contributed by atoms with Gasteiger partial charge < -0.3 is 15.0 Å². The van der Waals surface area contributed by atoms with Crippen LogP contribution in [0.4, 0.5) is 5.82 Å². The first kappa shape index (κ1) is 14.5. The molecule has 108 valence electrons. The van der Waals surface area contributed by atoms with E-state index in [1.165, 1.54) is 0 Å². The SMILES string of the molecule is COCC(C)CC(C)n1cnnc1-c1cccc(N)n1. The first-order valence-electron chi connectivity index (χ1n) is 6.73. The van der Waals surface area contributed by atoms with Crippen molar-refractivity contribution in [2.24, 2.45) is 5.92 Å². The van der Waals surface area contributed by atoms with E-state index in [9.17, 15) is 0 Å². The van der Waals surface area contributed by atoms with Gasteiger partial charge in [0.2, 0.25) is 0 Å². The van der Waals surface area contributed by atoms with Crippen LogP contribution in [-0.2, 0) is 4.74 Å². The number of ether oxygens (including phenoxy) is 1. The summed E-state index contributed by atoms with van der Waals surface area (Å²) in [6.07, 6.45) is 2.73. The second-order valence-corrected chi connectivity index (χ2v) is 5.15. The number of nitrogen functional groups attached to an aromatic ring is 1. The lowest BCUT2D eigenvalue weighted by Gasteiger charge is -2.19. The fourth-order valence-corrected chi connectivity index (χ4v) is 2.37. The monoisotopic (exact) mass is 275 g/mol. The second-order valence-electron chi connectivity index (χ2n) is 5.15. The molecule has 0 aliphatic carbocycles. The van der Waals surface area contributed by atoms with Crippen LogP contribution in [0.25, 0.3) is 11.5 Å². The van der Waals surface area contributed by atoms with Gasteiger partial charge in [0.15, 0.2) is 5.82 Å². The molecule has 0 aromatic carbocycles. The standard InChI is InChI=1S/C14H21N5O/c1-10(8-20-3)7-11(2)19-9-16-18-14(19)12-5-4-6-13(15)17-12/h4-6,9-11H,7-8H2,1-3H3,(H2,15,17). The van der Waals surface area contributed by atoms with Gasteiger partial charge in [-0.05, 0) is 31.4 Å². The quantitative estimate of drug-likeness (QED) is 0.874. The van der Waals surface area contributed by atoms with Gasteiger partial charge in [-0.2, -0.15) is 0 Å². The molecule has 0 spiro atoms. The molecule has 6 nitrogen and oxygen atoms in total. The fraction of sp³-hybridized carbons (Fsp3) is 0.500. The number of hydrogen-bond acceptors (Lipinski definition) is 5. The van der Waals surface area contributed by atoms with Gasteiger partial charge in [-0.15, -0.1) is 10.2 Å². The van der Waals surface area contributed by atoms with Crippen LogP contribution < -0.4 is 5.73 Å². The Morgan fingerprint density at radius 2 is 2.15 bits per heavy atom. The van der Waals surface area contributed by atoms with E-state index in [4.69, 9.17) is 10.5 Å². The minimum atomic E-state index is 0.272. The highest BCUT2D eigenvalue weighted by molar-refractivity contribution is 5.52. The van der Waals surface area contributed by atoms with Gasteiger partial charge in [0, 0.05) is 19.8 Å². The fourth-order valence-electron chi connectivity index (χ4n) is 2.37. The van der Waals surface area contributed by atoms with E-state index in [0.29, 0.717) is 11.7 Å². The minimum absolute atomic E-state index is 0.272. The average molecular weight is 275 g/mol. The summed E-state index contributed by atoms with van der Waals surface area (Å²) in [6, 6.07) is 5.79. The molecule has 2 heterocycles. The van der Waals surface area contributed by atoms with Crippen LogP contribution in [0.2, 0.25) is 0 Å². The van der Waals surface area contributed by atoms with Crippen molar-refractivity contribution in [3.8, 4) is 11.5 Å². The molecule has 2 atom stereocenters. The first-order valence-corrected chi connectivity index (χ1v) is 6.73. The number of nitrogens with zero attached hydrogens (tertiary/aromatic N) is 4. The van der Waals surface area contributed by atoms with Crippen molar-refractivity contribution in [2.45, 2.75) is 26.3 Å². The molecule has 20 heavy (non-hydrogen) atoms. The van der Waals surface area contributed by atoms with Crippen LogP contribution in [0.15, 0.2) is 24.5 Å². The Morgan fingerprint density at radius 3 is 2.85 bits per heavy atom. The van der Waals surface area contributed by atoms with Crippen molar-refractivity contribution in [1.82, 2.24) is 19.7 Å². The molecular weight excluding hydrogens is 254 g/mol. The third kappa shape index (κ3) is 3.33. The van der Waals surface area contributed by atoms with Crippen molar-refractivity contribution in [3.05, 3.63) is 24.5 Å². The van der Waals surface area contributed by atoms with Gasteiger partial charge in [-0.3, -0.25) is 0 Å². The van der Waals surface area contributed by atoms with Crippen LogP contribution in [0.3, 0.4) is 0 Å². The third-order valence-electron chi connectivity index (χ3n) is 3.24. The lowest BCUT2D eigenvalue weighted by molar-refractivity contribution is 0.148. The maximum atomic E-state index is 5.73. The number of nitrogens with two attached hydrogens (primary N) is 1. The van der Waals surface area contributed by atoms with Crippen molar-refractivity contribution in [1.29, 1.82) is 0 Å². The highest BCUT2D eigenvalue weighted by atomic mass is 16.5. The zero-order valence-electron chi connectivity index (χ0n) is 12.2. The molecule has 0 saturated carbocycles. The normalized spacial score (nSPS) is 14.2. The largest absolute Gasteiger partial charge is 0.384 e. The van der Waals surface area contributed by atoms with Gasteiger partial charge >= 0.3 is 0 Å². The molecule has 6 heteroatoms. The Hall–Kier alpha value is -1.95. The summed E-state index contributed by atoms with van der Waals surface area (Å²) in [5.41, 5.74) is 6.47. The summed E-state index contributed by atoms with van der Waals surface area (Å²) < 4.78 is 7.22. The summed E-state index contributed by atoms with van der Waals surface area (Å²) in [6.45, 7) is 5.06. The lowest BCUT2D eigenvalue weighted by Crippen LogP contribution is -2.13. The highest BCUT2D eigenvalue weighted by Crippen LogP contribution is 2.23. The number of rotatable bonds is 6. The Labute approximate surface area is 119 Å². The lowest BCUT2D eigenvalue weighted by atomic mass is 10.0. The van der Waals surface area contributed by atoms with Gasteiger partial charge in [-0.1, -0.05) is 13.0 Å². The summed E-state index contributed by atoms with van der Waals surface area (Å²) >= 11 is 0. The van der Waals surface area contributed by atoms with Crippen LogP contribution in [-0.4, -0.2) is 33.5 Å². The summed E-state index contributed by atoms with van der Waals surface area (Å²) in [5, 5.41) is 8.17. The van der Waals surface area contributed by atoms with Gasteiger partial charge in [-0.25, -0.2) is 4.98 Å². The molecule has 2 aromatic rings. The smallest absolute Gasteiger partial charge is 0.182 e. The van der Waals surface area contributed by atoms with Crippen molar-refractivity contribution < 1.29 is 4.74 Å². The van der Waals surface area contributed by atoms with Gasteiger partial charge in [0.25, 0.3) is 0 Å². The van der Waals surface area contributed by atoms with Crippen LogP contribution >= 0.6 is 0 Å². The number of hydrogen-bond donors (Lipinski definition) is 1. The molecule has 0 saturated heterocycles. The van der Waals surface area contributed by atoms with E-state index < -0.39 is 0 Å². The van der Waals surface area contributed by atoms with Crippen molar-refractivity contribution in [3.63, 3.8) is 0 Å². The maximum Gasteiger partial charge on any atom is 0.182 e. The zero-order chi connectivity index (χ0) is 14.5. The van der Waals surface area contributed by atoms with E-state index >= 15 is 0 Å². The molecule has 0 radical (unpaired) electrons. The second kappa shape index (κ2) is 6.47. The van der Waals surface area contributed by atoms with Crippen LogP contribution in [0.5, 0.6) is 0 Å². The molecule has 0 amide bonds. The molecule has 0 fully saturated rings. The van der Waals surface area contributed by atoms with E-state index in [1.807, 2.05) is 16.7 Å². The Kier molecular flexibility index (Phi) is 4.68. The predicted octanol–water partition coefficient (Wildman–Crippen LogP) is 2.16. The number of anilines is 1. The first-order chi connectivity index (χ1) is 9.61. The summed E-state index contributed by atoms with van der Waals surface area (Å²) in [4.78, 5) is 4.30. The van der Waals surface area contributed by atoms with Crippen LogP contribution in [0.1, 0.15) is 26.3 Å². The average Bonchev–Trinajstić information content (AvgIpc) is 2.88. The number of methoxy groups -OCH3 is 1. The number of pyridine rings is 1. The maximum absolute atomic E-state index is 5.73. The Balaban J connectivity index is 2.20. The van der Waals surface area contributed by atoms with Gasteiger partial charge in [0.1, 0.15) is 17.8 Å². The van der Waals surface area contributed by atoms with Crippen molar-refractivity contribution in [2.75, 3.05) is 19.5 Å². The Bertz CT molecular complexity index is 554. The molecule has 2 aromatic heterocycles. The van der Waals surface area contributed by atoms with Crippen LogP contribution in [0, 0.1) is 5.92 Å². The molecule has 2 N–H and O–H groups in total. The third-order valence-corrected chi connectivity index (χ3v) is 3.24. The van der Waals surface area contributed by atoms with E-state index in [-0.39, 0.29) is 6.04 Å². The molecule has 0 aliphatic heterocycles. The highest BCUT2D eigenvalue weighted by Gasteiger charge is 2.16. The van der Waals surface area contributed by atoms with Crippen molar-refractivity contribution >= 4 is 5.82 Å². The minimum Gasteiger partial charge on any atom is -0.384 e.